The molecule has 0 bridgehead atoms. The van der Waals surface area contributed by atoms with Crippen molar-refractivity contribution >= 4 is 29.1 Å². The molecular weight excluding hydrogens is 338 g/mol. The summed E-state index contributed by atoms with van der Waals surface area (Å²) in [4.78, 5) is 11.2. The number of nitrogens with one attached hydrogen (secondary N) is 2. The fraction of sp³-hybridized carbons (Fsp3) is 0.471. The van der Waals surface area contributed by atoms with E-state index in [9.17, 15) is 0 Å². The van der Waals surface area contributed by atoms with E-state index in [1.54, 1.807) is 7.11 Å². The number of hydrogen-bond acceptors (Lipinski definition) is 6. The summed E-state index contributed by atoms with van der Waals surface area (Å²) in [6.07, 6.45) is 3.62. The Hall–Kier alpha value is -2.35. The molecule has 134 valence electrons. The molecule has 3 rings (SSSR count). The third-order valence-corrected chi connectivity index (χ3v) is 4.27. The van der Waals surface area contributed by atoms with E-state index in [-0.39, 0.29) is 0 Å². The molecule has 0 unspecified atom stereocenters. The second-order valence-electron chi connectivity index (χ2n) is 5.96. The molecule has 2 N–H and O–H groups in total. The van der Waals surface area contributed by atoms with Crippen LogP contribution in [0.15, 0.2) is 22.6 Å². The molecule has 0 amide bonds. The monoisotopic (exact) mass is 361 g/mol. The molecule has 0 spiro atoms. The van der Waals surface area contributed by atoms with E-state index in [2.05, 4.69) is 25.5 Å². The molecule has 3 heterocycles. The highest BCUT2D eigenvalue weighted by molar-refractivity contribution is 7.80. The van der Waals surface area contributed by atoms with Crippen LogP contribution in [-0.4, -0.2) is 35.3 Å². The molecule has 1 aliphatic heterocycles. The second kappa shape index (κ2) is 8.15. The van der Waals surface area contributed by atoms with Gasteiger partial charge in [0.05, 0.1) is 13.7 Å². The van der Waals surface area contributed by atoms with Crippen molar-refractivity contribution < 1.29 is 9.15 Å². The van der Waals surface area contributed by atoms with Crippen LogP contribution < -0.4 is 20.3 Å². The quantitative estimate of drug-likeness (QED) is 0.788. The van der Waals surface area contributed by atoms with Crippen molar-refractivity contribution in [3.8, 4) is 5.88 Å². The summed E-state index contributed by atoms with van der Waals surface area (Å²) in [5, 5.41) is 6.55. The van der Waals surface area contributed by atoms with Gasteiger partial charge in [0.15, 0.2) is 5.11 Å². The molecule has 2 aromatic heterocycles. The lowest BCUT2D eigenvalue weighted by Gasteiger charge is -2.28. The minimum absolute atomic E-state index is 0.424. The summed E-state index contributed by atoms with van der Waals surface area (Å²) >= 11 is 5.32. The first-order valence-corrected chi connectivity index (χ1v) is 8.83. The molecule has 7 nitrogen and oxygen atoms in total. The number of aryl methyl sites for hydroxylation is 1. The minimum Gasteiger partial charge on any atom is -0.481 e. The first-order chi connectivity index (χ1) is 12.1. The molecular formula is C17H23N5O2S. The van der Waals surface area contributed by atoms with Crippen LogP contribution in [0.5, 0.6) is 5.88 Å². The average molecular weight is 361 g/mol. The van der Waals surface area contributed by atoms with E-state index < -0.39 is 0 Å². The average Bonchev–Trinajstić information content (AvgIpc) is 3.06. The predicted molar refractivity (Wildman–Crippen MR) is 101 cm³/mol. The number of rotatable bonds is 5. The number of ether oxygens (including phenoxy) is 1. The molecule has 0 aromatic carbocycles. The standard InChI is InChI=1S/C17H23N5O2S/c1-12-6-7-13(24-12)11-18-17(25)21-16-19-14(10-15(20-16)23-2)22-8-4-3-5-9-22/h6-7,10H,3-5,8-9,11H2,1-2H3,(H2,18,19,20,21,25). The normalized spacial score (nSPS) is 14.2. The van der Waals surface area contributed by atoms with Gasteiger partial charge in [0.2, 0.25) is 11.8 Å². The van der Waals surface area contributed by atoms with Gasteiger partial charge in [-0.25, -0.2) is 0 Å². The van der Waals surface area contributed by atoms with Crippen molar-refractivity contribution in [3.05, 3.63) is 29.7 Å². The smallest absolute Gasteiger partial charge is 0.234 e. The van der Waals surface area contributed by atoms with Crippen LogP contribution in [0.1, 0.15) is 30.8 Å². The molecule has 1 saturated heterocycles. The van der Waals surface area contributed by atoms with Gasteiger partial charge in [-0.15, -0.1) is 0 Å². The summed E-state index contributed by atoms with van der Waals surface area (Å²) in [5.41, 5.74) is 0. The van der Waals surface area contributed by atoms with Gasteiger partial charge >= 0.3 is 0 Å². The van der Waals surface area contributed by atoms with Crippen LogP contribution in [0.2, 0.25) is 0 Å². The zero-order valence-corrected chi connectivity index (χ0v) is 15.4. The van der Waals surface area contributed by atoms with Gasteiger partial charge < -0.3 is 24.7 Å². The molecule has 0 saturated carbocycles. The predicted octanol–water partition coefficient (Wildman–Crippen LogP) is 2.86. The fourth-order valence-electron chi connectivity index (χ4n) is 2.75. The highest BCUT2D eigenvalue weighted by Gasteiger charge is 2.15. The van der Waals surface area contributed by atoms with E-state index in [4.69, 9.17) is 21.4 Å². The highest BCUT2D eigenvalue weighted by Crippen LogP contribution is 2.22. The van der Waals surface area contributed by atoms with E-state index >= 15 is 0 Å². The maximum atomic E-state index is 5.51. The number of hydrogen-bond donors (Lipinski definition) is 2. The molecule has 0 radical (unpaired) electrons. The summed E-state index contributed by atoms with van der Waals surface area (Å²) in [7, 11) is 1.60. The van der Waals surface area contributed by atoms with Gasteiger partial charge in [-0.1, -0.05) is 0 Å². The zero-order chi connectivity index (χ0) is 17.6. The molecule has 25 heavy (non-hydrogen) atoms. The van der Waals surface area contributed by atoms with E-state index in [0.29, 0.717) is 23.5 Å². The summed E-state index contributed by atoms with van der Waals surface area (Å²) in [6.45, 7) is 4.41. The number of aromatic nitrogens is 2. The van der Waals surface area contributed by atoms with Gasteiger partial charge in [0.25, 0.3) is 0 Å². The molecule has 8 heteroatoms. The summed E-state index contributed by atoms with van der Waals surface area (Å²) < 4.78 is 10.8. The number of piperidine rings is 1. The lowest BCUT2D eigenvalue weighted by atomic mass is 10.1. The number of thiocarbonyl (C=S) groups is 1. The van der Waals surface area contributed by atoms with Gasteiger partial charge in [0, 0.05) is 19.2 Å². The van der Waals surface area contributed by atoms with Gasteiger partial charge in [0.1, 0.15) is 17.3 Å². The van der Waals surface area contributed by atoms with Gasteiger partial charge in [-0.05, 0) is 50.5 Å². The van der Waals surface area contributed by atoms with Crippen LogP contribution in [0, 0.1) is 6.92 Å². The largest absolute Gasteiger partial charge is 0.481 e. The number of nitrogens with zero attached hydrogens (tertiary/aromatic N) is 3. The maximum absolute atomic E-state index is 5.51. The number of furan rings is 1. The van der Waals surface area contributed by atoms with Crippen molar-refractivity contribution in [2.24, 2.45) is 0 Å². The number of anilines is 2. The highest BCUT2D eigenvalue weighted by atomic mass is 32.1. The Bertz CT molecular complexity index is 728. The van der Waals surface area contributed by atoms with E-state index in [0.717, 1.165) is 30.4 Å². The summed E-state index contributed by atoms with van der Waals surface area (Å²) in [5.74, 6) is 3.49. The fourth-order valence-corrected chi connectivity index (χ4v) is 2.92. The Morgan fingerprint density at radius 3 is 2.76 bits per heavy atom. The Labute approximate surface area is 152 Å². The van der Waals surface area contributed by atoms with E-state index in [1.165, 1.54) is 19.3 Å². The number of methoxy groups -OCH3 is 1. The van der Waals surface area contributed by atoms with E-state index in [1.807, 2.05) is 25.1 Å². The third kappa shape index (κ3) is 4.82. The van der Waals surface area contributed by atoms with Crippen LogP contribution in [0.4, 0.5) is 11.8 Å². The van der Waals surface area contributed by atoms with Crippen molar-refractivity contribution in [1.82, 2.24) is 15.3 Å². The zero-order valence-electron chi connectivity index (χ0n) is 14.5. The van der Waals surface area contributed by atoms with Crippen LogP contribution in [-0.2, 0) is 6.54 Å². The Morgan fingerprint density at radius 1 is 1.28 bits per heavy atom. The van der Waals surface area contributed by atoms with Crippen molar-refractivity contribution in [2.75, 3.05) is 30.4 Å². The SMILES string of the molecule is COc1cc(N2CCCCC2)nc(NC(=S)NCc2ccc(C)o2)n1. The summed E-state index contributed by atoms with van der Waals surface area (Å²) in [6, 6.07) is 5.70. The molecule has 2 aromatic rings. The molecule has 1 aliphatic rings. The lowest BCUT2D eigenvalue weighted by Crippen LogP contribution is -2.31. The van der Waals surface area contributed by atoms with Crippen molar-refractivity contribution in [3.63, 3.8) is 0 Å². The van der Waals surface area contributed by atoms with Crippen LogP contribution >= 0.6 is 12.2 Å². The maximum Gasteiger partial charge on any atom is 0.234 e. The van der Waals surface area contributed by atoms with Crippen LogP contribution in [0.25, 0.3) is 0 Å². The molecule has 0 atom stereocenters. The van der Waals surface area contributed by atoms with Crippen molar-refractivity contribution in [1.29, 1.82) is 0 Å². The molecule has 1 fully saturated rings. The van der Waals surface area contributed by atoms with Gasteiger partial charge in [-0.2, -0.15) is 9.97 Å². The first-order valence-electron chi connectivity index (χ1n) is 8.42. The lowest BCUT2D eigenvalue weighted by molar-refractivity contribution is 0.397. The Balaban J connectivity index is 1.64. The Morgan fingerprint density at radius 2 is 2.08 bits per heavy atom. The molecule has 0 aliphatic carbocycles. The minimum atomic E-state index is 0.424. The van der Waals surface area contributed by atoms with Crippen LogP contribution in [0.3, 0.4) is 0 Å². The van der Waals surface area contributed by atoms with Gasteiger partial charge in [-0.3, -0.25) is 0 Å². The second-order valence-corrected chi connectivity index (χ2v) is 6.37. The Kier molecular flexibility index (Phi) is 5.70. The topological polar surface area (TPSA) is 75.5 Å². The first kappa shape index (κ1) is 17.5. The third-order valence-electron chi connectivity index (χ3n) is 4.02. The van der Waals surface area contributed by atoms with Crippen molar-refractivity contribution in [2.45, 2.75) is 32.7 Å².